The van der Waals surface area contributed by atoms with E-state index in [1.807, 2.05) is 13.0 Å². The van der Waals surface area contributed by atoms with E-state index in [-0.39, 0.29) is 5.91 Å². The predicted octanol–water partition coefficient (Wildman–Crippen LogP) is 0.0774. The highest BCUT2D eigenvalue weighted by molar-refractivity contribution is 7.88. The second-order valence-corrected chi connectivity index (χ2v) is 7.84. The number of benzene rings is 1. The molecule has 0 bridgehead atoms. The number of piperazine rings is 1. The first kappa shape index (κ1) is 17.5. The van der Waals surface area contributed by atoms with Crippen molar-refractivity contribution in [3.05, 3.63) is 29.8 Å². The van der Waals surface area contributed by atoms with Crippen molar-refractivity contribution in [3.8, 4) is 11.4 Å². The third-order valence-corrected chi connectivity index (χ3v) is 5.50. The molecule has 0 atom stereocenters. The van der Waals surface area contributed by atoms with E-state index in [0.29, 0.717) is 44.1 Å². The van der Waals surface area contributed by atoms with Crippen molar-refractivity contribution >= 4 is 15.9 Å². The summed E-state index contributed by atoms with van der Waals surface area (Å²) in [5, 5.41) is 11.6. The van der Waals surface area contributed by atoms with Gasteiger partial charge in [0.15, 0.2) is 5.82 Å². The molecule has 1 aliphatic heterocycles. The first-order chi connectivity index (χ1) is 11.9. The number of sulfonamides is 1. The molecule has 25 heavy (non-hydrogen) atoms. The summed E-state index contributed by atoms with van der Waals surface area (Å²) in [5.74, 6) is 0.490. The van der Waals surface area contributed by atoms with E-state index in [4.69, 9.17) is 0 Å². The van der Waals surface area contributed by atoms with Crippen molar-refractivity contribution in [1.82, 2.24) is 29.4 Å². The number of hydrogen-bond acceptors (Lipinski definition) is 6. The fourth-order valence-electron chi connectivity index (χ4n) is 2.82. The highest BCUT2D eigenvalue weighted by atomic mass is 32.2. The van der Waals surface area contributed by atoms with Crippen LogP contribution >= 0.6 is 0 Å². The second kappa shape index (κ2) is 6.89. The number of carbonyl (C=O) groups excluding carboxylic acids is 1. The monoisotopic (exact) mass is 364 g/mol. The van der Waals surface area contributed by atoms with Gasteiger partial charge in [0.1, 0.15) is 0 Å². The Balaban J connectivity index is 1.77. The summed E-state index contributed by atoms with van der Waals surface area (Å²) in [6.45, 7) is 3.96. The third-order valence-electron chi connectivity index (χ3n) is 4.19. The molecule has 10 heteroatoms. The van der Waals surface area contributed by atoms with Crippen LogP contribution in [-0.4, -0.2) is 76.2 Å². The van der Waals surface area contributed by atoms with Crippen LogP contribution in [0.5, 0.6) is 0 Å². The van der Waals surface area contributed by atoms with Gasteiger partial charge in [0.2, 0.25) is 10.0 Å². The first-order valence-corrected chi connectivity index (χ1v) is 9.86. The van der Waals surface area contributed by atoms with Gasteiger partial charge in [0.25, 0.3) is 5.91 Å². The standard InChI is InChI=1S/C15H20N6O3S/c1-3-21-14(16-17-18-21)12-5-4-6-13(11-12)15(22)19-7-9-20(10-8-19)25(2,23)24/h4-6,11H,3,7-10H2,1-2H3. The molecule has 1 aliphatic rings. The molecule has 1 aromatic carbocycles. The number of carbonyl (C=O) groups is 1. The van der Waals surface area contributed by atoms with Gasteiger partial charge in [-0.3, -0.25) is 4.79 Å². The quantitative estimate of drug-likeness (QED) is 0.761. The molecule has 0 spiro atoms. The van der Waals surface area contributed by atoms with Crippen LogP contribution in [0.25, 0.3) is 11.4 Å². The number of hydrogen-bond donors (Lipinski definition) is 0. The zero-order valence-corrected chi connectivity index (χ0v) is 15.0. The lowest BCUT2D eigenvalue weighted by molar-refractivity contribution is 0.0698. The highest BCUT2D eigenvalue weighted by Gasteiger charge is 2.26. The summed E-state index contributed by atoms with van der Waals surface area (Å²) in [4.78, 5) is 14.4. The second-order valence-electron chi connectivity index (χ2n) is 5.85. The van der Waals surface area contributed by atoms with Crippen LogP contribution in [0.4, 0.5) is 0 Å². The van der Waals surface area contributed by atoms with E-state index in [9.17, 15) is 13.2 Å². The maximum atomic E-state index is 12.7. The SMILES string of the molecule is CCn1nnnc1-c1cccc(C(=O)N2CCN(S(C)(=O)=O)CC2)c1. The maximum absolute atomic E-state index is 12.7. The van der Waals surface area contributed by atoms with Crippen LogP contribution in [-0.2, 0) is 16.6 Å². The lowest BCUT2D eigenvalue weighted by Crippen LogP contribution is -2.50. The minimum atomic E-state index is -3.21. The Morgan fingerprint density at radius 1 is 1.20 bits per heavy atom. The molecule has 1 fully saturated rings. The van der Waals surface area contributed by atoms with E-state index in [0.717, 1.165) is 5.56 Å². The van der Waals surface area contributed by atoms with Crippen molar-refractivity contribution in [2.75, 3.05) is 32.4 Å². The van der Waals surface area contributed by atoms with E-state index in [2.05, 4.69) is 15.5 Å². The molecule has 2 heterocycles. The van der Waals surface area contributed by atoms with Crippen molar-refractivity contribution in [1.29, 1.82) is 0 Å². The van der Waals surface area contributed by atoms with Crippen molar-refractivity contribution in [2.45, 2.75) is 13.5 Å². The van der Waals surface area contributed by atoms with Gasteiger partial charge in [-0.1, -0.05) is 12.1 Å². The van der Waals surface area contributed by atoms with E-state index in [1.165, 1.54) is 10.6 Å². The number of aromatic nitrogens is 4. The first-order valence-electron chi connectivity index (χ1n) is 8.01. The van der Waals surface area contributed by atoms with Gasteiger partial charge in [0.05, 0.1) is 6.26 Å². The maximum Gasteiger partial charge on any atom is 0.253 e. The lowest BCUT2D eigenvalue weighted by Gasteiger charge is -2.33. The molecule has 1 amide bonds. The Bertz CT molecular complexity index is 871. The minimum absolute atomic E-state index is 0.120. The number of aryl methyl sites for hydroxylation is 1. The molecule has 2 aromatic rings. The molecular weight excluding hydrogens is 344 g/mol. The molecule has 0 radical (unpaired) electrons. The lowest BCUT2D eigenvalue weighted by atomic mass is 10.1. The summed E-state index contributed by atoms with van der Waals surface area (Å²) in [7, 11) is -3.21. The fraction of sp³-hybridized carbons (Fsp3) is 0.467. The Morgan fingerprint density at radius 2 is 1.92 bits per heavy atom. The van der Waals surface area contributed by atoms with Gasteiger partial charge < -0.3 is 4.90 Å². The van der Waals surface area contributed by atoms with Gasteiger partial charge >= 0.3 is 0 Å². The fourth-order valence-corrected chi connectivity index (χ4v) is 3.65. The molecule has 0 N–H and O–H groups in total. The normalized spacial score (nSPS) is 16.2. The average Bonchev–Trinajstić information content (AvgIpc) is 3.09. The molecule has 3 rings (SSSR count). The molecule has 1 saturated heterocycles. The van der Waals surface area contributed by atoms with Crippen LogP contribution in [0.1, 0.15) is 17.3 Å². The summed E-state index contributed by atoms with van der Waals surface area (Å²) in [6.07, 6.45) is 1.19. The van der Waals surface area contributed by atoms with Crippen LogP contribution in [0, 0.1) is 0 Å². The molecule has 0 aliphatic carbocycles. The minimum Gasteiger partial charge on any atom is -0.336 e. The van der Waals surface area contributed by atoms with Crippen molar-refractivity contribution in [3.63, 3.8) is 0 Å². The molecule has 9 nitrogen and oxygen atoms in total. The highest BCUT2D eigenvalue weighted by Crippen LogP contribution is 2.19. The zero-order valence-electron chi connectivity index (χ0n) is 14.2. The number of nitrogens with zero attached hydrogens (tertiary/aromatic N) is 6. The third kappa shape index (κ3) is 3.69. The van der Waals surface area contributed by atoms with Gasteiger partial charge in [-0.05, 0) is 29.5 Å². The summed E-state index contributed by atoms with van der Waals surface area (Å²) >= 11 is 0. The van der Waals surface area contributed by atoms with Crippen molar-refractivity contribution in [2.24, 2.45) is 0 Å². The summed E-state index contributed by atoms with van der Waals surface area (Å²) < 4.78 is 26.2. The van der Waals surface area contributed by atoms with Crippen LogP contribution < -0.4 is 0 Å². The van der Waals surface area contributed by atoms with Crippen LogP contribution in [0.2, 0.25) is 0 Å². The Labute approximate surface area is 146 Å². The van der Waals surface area contributed by atoms with E-state index in [1.54, 1.807) is 27.8 Å². The molecule has 1 aromatic heterocycles. The number of amides is 1. The Morgan fingerprint density at radius 3 is 2.56 bits per heavy atom. The number of rotatable bonds is 4. The van der Waals surface area contributed by atoms with E-state index < -0.39 is 10.0 Å². The Hall–Kier alpha value is -2.33. The van der Waals surface area contributed by atoms with Gasteiger partial charge in [-0.2, -0.15) is 4.31 Å². The van der Waals surface area contributed by atoms with Crippen LogP contribution in [0.15, 0.2) is 24.3 Å². The molecular formula is C15H20N6O3S. The zero-order chi connectivity index (χ0) is 18.0. The van der Waals surface area contributed by atoms with Crippen molar-refractivity contribution < 1.29 is 13.2 Å². The van der Waals surface area contributed by atoms with Gasteiger partial charge in [0, 0.05) is 43.9 Å². The van der Waals surface area contributed by atoms with Gasteiger partial charge in [-0.15, -0.1) is 5.10 Å². The topological polar surface area (TPSA) is 101 Å². The molecule has 134 valence electrons. The Kier molecular flexibility index (Phi) is 4.82. The largest absolute Gasteiger partial charge is 0.336 e. The van der Waals surface area contributed by atoms with Crippen LogP contribution in [0.3, 0.4) is 0 Å². The smallest absolute Gasteiger partial charge is 0.253 e. The molecule has 0 unspecified atom stereocenters. The summed E-state index contributed by atoms with van der Waals surface area (Å²) in [6, 6.07) is 7.16. The van der Waals surface area contributed by atoms with Gasteiger partial charge in [-0.25, -0.2) is 13.1 Å². The average molecular weight is 364 g/mol. The predicted molar refractivity (Wildman–Crippen MR) is 91.2 cm³/mol. The summed E-state index contributed by atoms with van der Waals surface area (Å²) in [5.41, 5.74) is 1.31. The number of tetrazole rings is 1. The van der Waals surface area contributed by atoms with E-state index >= 15 is 0 Å². The molecule has 0 saturated carbocycles.